The minimum atomic E-state index is -0.226. The van der Waals surface area contributed by atoms with E-state index >= 15 is 0 Å². The van der Waals surface area contributed by atoms with Crippen molar-refractivity contribution in [1.82, 2.24) is 9.38 Å². The first-order valence-electron chi connectivity index (χ1n) is 5.44. The van der Waals surface area contributed by atoms with Gasteiger partial charge in [-0.15, -0.1) is 0 Å². The lowest BCUT2D eigenvalue weighted by Gasteiger charge is -2.03. The van der Waals surface area contributed by atoms with Crippen LogP contribution in [0.5, 0.6) is 0 Å². The second kappa shape index (κ2) is 3.70. The van der Waals surface area contributed by atoms with Crippen LogP contribution < -0.4 is 0 Å². The van der Waals surface area contributed by atoms with Gasteiger partial charge in [0, 0.05) is 11.8 Å². The molecular formula is C14H11FN2. The highest BCUT2D eigenvalue weighted by Crippen LogP contribution is 2.23. The Kier molecular flexibility index (Phi) is 2.18. The van der Waals surface area contributed by atoms with E-state index in [0.29, 0.717) is 5.56 Å². The number of hydrogen-bond donors (Lipinski definition) is 0. The lowest BCUT2D eigenvalue weighted by atomic mass is 10.1. The van der Waals surface area contributed by atoms with Crippen LogP contribution in [0, 0.1) is 12.7 Å². The van der Waals surface area contributed by atoms with Crippen LogP contribution in [0.15, 0.2) is 48.8 Å². The molecule has 0 saturated carbocycles. The van der Waals surface area contributed by atoms with E-state index in [1.807, 2.05) is 35.7 Å². The van der Waals surface area contributed by atoms with E-state index in [1.54, 1.807) is 18.3 Å². The van der Waals surface area contributed by atoms with Gasteiger partial charge < -0.3 is 0 Å². The Labute approximate surface area is 98.4 Å². The quantitative estimate of drug-likeness (QED) is 0.621. The van der Waals surface area contributed by atoms with Crippen LogP contribution in [0.2, 0.25) is 0 Å². The summed E-state index contributed by atoms with van der Waals surface area (Å²) >= 11 is 0. The molecule has 0 bridgehead atoms. The molecule has 0 atom stereocenters. The van der Waals surface area contributed by atoms with E-state index in [0.717, 1.165) is 16.9 Å². The summed E-state index contributed by atoms with van der Waals surface area (Å²) < 4.78 is 15.7. The standard InChI is InChI=1S/C14H11FN2/c1-10-6-7-14-16-8-13(17(14)9-10)11-4-2-3-5-12(11)15/h2-9H,1H3. The minimum Gasteiger partial charge on any atom is -0.299 e. The lowest BCUT2D eigenvalue weighted by molar-refractivity contribution is 0.630. The maximum atomic E-state index is 13.7. The van der Waals surface area contributed by atoms with Crippen LogP contribution in [-0.2, 0) is 0 Å². The smallest absolute Gasteiger partial charge is 0.137 e. The number of imidazole rings is 1. The molecule has 0 radical (unpaired) electrons. The molecule has 2 nitrogen and oxygen atoms in total. The molecule has 3 aromatic rings. The van der Waals surface area contributed by atoms with Crippen LogP contribution in [0.4, 0.5) is 4.39 Å². The third kappa shape index (κ3) is 1.60. The second-order valence-electron chi connectivity index (χ2n) is 4.06. The molecule has 84 valence electrons. The molecule has 0 aliphatic carbocycles. The SMILES string of the molecule is Cc1ccc2ncc(-c3ccccc3F)n2c1. The van der Waals surface area contributed by atoms with Crippen molar-refractivity contribution in [3.05, 3.63) is 60.2 Å². The van der Waals surface area contributed by atoms with Gasteiger partial charge in [-0.3, -0.25) is 4.40 Å². The molecule has 1 aromatic carbocycles. The van der Waals surface area contributed by atoms with Crippen LogP contribution in [-0.4, -0.2) is 9.38 Å². The van der Waals surface area contributed by atoms with Gasteiger partial charge in [-0.2, -0.15) is 0 Å². The number of aryl methyl sites for hydroxylation is 1. The van der Waals surface area contributed by atoms with Crippen molar-refractivity contribution in [2.45, 2.75) is 6.92 Å². The molecule has 0 N–H and O–H groups in total. The second-order valence-corrected chi connectivity index (χ2v) is 4.06. The summed E-state index contributed by atoms with van der Waals surface area (Å²) in [5, 5.41) is 0. The predicted molar refractivity (Wildman–Crippen MR) is 65.3 cm³/mol. The summed E-state index contributed by atoms with van der Waals surface area (Å²) in [6.07, 6.45) is 3.66. The van der Waals surface area contributed by atoms with Crippen molar-refractivity contribution < 1.29 is 4.39 Å². The molecule has 0 aliphatic rings. The number of fused-ring (bicyclic) bond motifs is 1. The Morgan fingerprint density at radius 1 is 1.12 bits per heavy atom. The maximum Gasteiger partial charge on any atom is 0.137 e. The zero-order valence-electron chi connectivity index (χ0n) is 9.39. The van der Waals surface area contributed by atoms with Crippen molar-refractivity contribution in [2.75, 3.05) is 0 Å². The zero-order chi connectivity index (χ0) is 11.8. The number of hydrogen-bond acceptors (Lipinski definition) is 1. The molecule has 0 amide bonds. The number of pyridine rings is 1. The highest BCUT2D eigenvalue weighted by molar-refractivity contribution is 5.64. The fraction of sp³-hybridized carbons (Fsp3) is 0.0714. The lowest BCUT2D eigenvalue weighted by Crippen LogP contribution is -1.91. The van der Waals surface area contributed by atoms with E-state index < -0.39 is 0 Å². The fourth-order valence-electron chi connectivity index (χ4n) is 1.95. The van der Waals surface area contributed by atoms with E-state index in [9.17, 15) is 4.39 Å². The topological polar surface area (TPSA) is 17.3 Å². The summed E-state index contributed by atoms with van der Waals surface area (Å²) in [4.78, 5) is 4.27. The van der Waals surface area contributed by atoms with Crippen molar-refractivity contribution >= 4 is 5.65 Å². The first kappa shape index (κ1) is 10.0. The summed E-state index contributed by atoms with van der Waals surface area (Å²) in [5.41, 5.74) is 3.30. The van der Waals surface area contributed by atoms with Crippen LogP contribution in [0.25, 0.3) is 16.9 Å². The van der Waals surface area contributed by atoms with Crippen molar-refractivity contribution in [2.24, 2.45) is 0 Å². The van der Waals surface area contributed by atoms with Gasteiger partial charge in [-0.25, -0.2) is 9.37 Å². The number of nitrogens with zero attached hydrogens (tertiary/aromatic N) is 2. The van der Waals surface area contributed by atoms with Crippen LogP contribution in [0.1, 0.15) is 5.56 Å². The minimum absolute atomic E-state index is 0.226. The van der Waals surface area contributed by atoms with Gasteiger partial charge in [0.05, 0.1) is 11.9 Å². The number of aromatic nitrogens is 2. The Morgan fingerprint density at radius 2 is 1.94 bits per heavy atom. The molecule has 3 rings (SSSR count). The van der Waals surface area contributed by atoms with Gasteiger partial charge in [-0.05, 0) is 30.7 Å². The van der Waals surface area contributed by atoms with E-state index in [2.05, 4.69) is 4.98 Å². The van der Waals surface area contributed by atoms with Gasteiger partial charge in [-0.1, -0.05) is 18.2 Å². The average Bonchev–Trinajstić information content (AvgIpc) is 2.72. The van der Waals surface area contributed by atoms with E-state index in [-0.39, 0.29) is 5.82 Å². The summed E-state index contributed by atoms with van der Waals surface area (Å²) in [5.74, 6) is -0.226. The first-order chi connectivity index (χ1) is 8.25. The molecule has 2 heterocycles. The van der Waals surface area contributed by atoms with Gasteiger partial charge in [0.15, 0.2) is 0 Å². The summed E-state index contributed by atoms with van der Waals surface area (Å²) in [6, 6.07) is 10.7. The monoisotopic (exact) mass is 226 g/mol. The van der Waals surface area contributed by atoms with Crippen molar-refractivity contribution in [1.29, 1.82) is 0 Å². The molecule has 17 heavy (non-hydrogen) atoms. The number of rotatable bonds is 1. The van der Waals surface area contributed by atoms with Crippen LogP contribution in [0.3, 0.4) is 0 Å². The third-order valence-corrected chi connectivity index (χ3v) is 2.80. The Hall–Kier alpha value is -2.16. The normalized spacial score (nSPS) is 10.9. The van der Waals surface area contributed by atoms with Gasteiger partial charge >= 0.3 is 0 Å². The number of halogens is 1. The Morgan fingerprint density at radius 3 is 2.76 bits per heavy atom. The van der Waals surface area contributed by atoms with E-state index in [1.165, 1.54) is 6.07 Å². The Bertz CT molecular complexity index is 686. The molecule has 0 spiro atoms. The molecule has 0 unspecified atom stereocenters. The predicted octanol–water partition coefficient (Wildman–Crippen LogP) is 3.45. The molecular weight excluding hydrogens is 215 g/mol. The highest BCUT2D eigenvalue weighted by atomic mass is 19.1. The van der Waals surface area contributed by atoms with Gasteiger partial charge in [0.2, 0.25) is 0 Å². The molecule has 0 aliphatic heterocycles. The molecule has 0 saturated heterocycles. The summed E-state index contributed by atoms with van der Waals surface area (Å²) in [6.45, 7) is 2.00. The maximum absolute atomic E-state index is 13.7. The van der Waals surface area contributed by atoms with Gasteiger partial charge in [0.25, 0.3) is 0 Å². The first-order valence-corrected chi connectivity index (χ1v) is 5.44. The molecule has 0 fully saturated rings. The highest BCUT2D eigenvalue weighted by Gasteiger charge is 2.09. The Balaban J connectivity index is 2.31. The largest absolute Gasteiger partial charge is 0.299 e. The van der Waals surface area contributed by atoms with Gasteiger partial charge in [0.1, 0.15) is 11.5 Å². The van der Waals surface area contributed by atoms with E-state index in [4.69, 9.17) is 0 Å². The van der Waals surface area contributed by atoms with Crippen LogP contribution >= 0.6 is 0 Å². The fourth-order valence-corrected chi connectivity index (χ4v) is 1.95. The zero-order valence-corrected chi connectivity index (χ0v) is 9.39. The summed E-state index contributed by atoms with van der Waals surface area (Å²) in [7, 11) is 0. The third-order valence-electron chi connectivity index (χ3n) is 2.80. The molecule has 3 heteroatoms. The molecule has 2 aromatic heterocycles. The van der Waals surface area contributed by atoms with Crippen molar-refractivity contribution in [3.63, 3.8) is 0 Å². The van der Waals surface area contributed by atoms with Crippen molar-refractivity contribution in [3.8, 4) is 11.3 Å². The average molecular weight is 226 g/mol. The number of benzene rings is 1.